The van der Waals surface area contributed by atoms with Crippen LogP contribution in [0.1, 0.15) is 18.9 Å². The molecule has 0 atom stereocenters. The van der Waals surface area contributed by atoms with Crippen molar-refractivity contribution in [2.45, 2.75) is 13.3 Å². The predicted molar refractivity (Wildman–Crippen MR) is 83.4 cm³/mol. The number of amides is 1. The van der Waals surface area contributed by atoms with Gasteiger partial charge in [-0.3, -0.25) is 4.79 Å². The Kier molecular flexibility index (Phi) is 4.97. The second-order valence-corrected chi connectivity index (χ2v) is 5.68. The molecule has 1 aromatic rings. The van der Waals surface area contributed by atoms with E-state index in [4.69, 9.17) is 17.0 Å². The molecule has 1 fully saturated rings. The molecular weight excluding hydrogens is 296 g/mol. The van der Waals surface area contributed by atoms with Gasteiger partial charge >= 0.3 is 0 Å². The third-order valence-corrected chi connectivity index (χ3v) is 3.85. The minimum absolute atomic E-state index is 0.0487. The zero-order chi connectivity index (χ0) is 14.5. The monoisotopic (exact) mass is 310 g/mol. The molecule has 0 unspecified atom stereocenters. The van der Waals surface area contributed by atoms with Gasteiger partial charge in [-0.05, 0) is 18.6 Å². The number of carbonyl (C=O) groups is 1. The van der Waals surface area contributed by atoms with Crippen molar-refractivity contribution in [3.63, 3.8) is 0 Å². The van der Waals surface area contributed by atoms with E-state index < -0.39 is 0 Å². The van der Waals surface area contributed by atoms with Gasteiger partial charge in [0.15, 0.2) is 4.32 Å². The molecular formula is C13H14N2O3S2. The molecule has 1 saturated heterocycles. The molecule has 1 N–H and O–H groups in total. The molecule has 106 valence electrons. The molecule has 0 bridgehead atoms. The van der Waals surface area contributed by atoms with Crippen molar-refractivity contribution in [3.8, 4) is 11.5 Å². The molecule has 20 heavy (non-hydrogen) atoms. The Bertz CT molecular complexity index is 545. The lowest BCUT2D eigenvalue weighted by Crippen LogP contribution is -2.22. The maximum atomic E-state index is 11.5. The Morgan fingerprint density at radius 2 is 2.40 bits per heavy atom. The number of phenolic OH excluding ortho intramolecular Hbond substituents is 1. The van der Waals surface area contributed by atoms with Crippen LogP contribution in [0.5, 0.6) is 11.5 Å². The highest BCUT2D eigenvalue weighted by atomic mass is 32.2. The second kappa shape index (κ2) is 6.71. The van der Waals surface area contributed by atoms with Crippen molar-refractivity contribution >= 4 is 40.4 Å². The predicted octanol–water partition coefficient (Wildman–Crippen LogP) is 2.38. The van der Waals surface area contributed by atoms with Crippen molar-refractivity contribution in [1.82, 2.24) is 5.01 Å². The van der Waals surface area contributed by atoms with Gasteiger partial charge in [-0.1, -0.05) is 30.9 Å². The molecule has 0 aromatic heterocycles. The lowest BCUT2D eigenvalue weighted by atomic mass is 10.2. The summed E-state index contributed by atoms with van der Waals surface area (Å²) in [5, 5.41) is 15.1. The lowest BCUT2D eigenvalue weighted by Gasteiger charge is -2.08. The van der Waals surface area contributed by atoms with Gasteiger partial charge in [0.1, 0.15) is 11.5 Å². The maximum absolute atomic E-state index is 11.5. The molecule has 0 spiro atoms. The molecule has 1 aliphatic heterocycles. The summed E-state index contributed by atoms with van der Waals surface area (Å²) in [4.78, 5) is 11.5. The van der Waals surface area contributed by atoms with Crippen LogP contribution in [0.4, 0.5) is 0 Å². The van der Waals surface area contributed by atoms with Crippen LogP contribution in [-0.4, -0.2) is 38.9 Å². The van der Waals surface area contributed by atoms with Crippen molar-refractivity contribution in [3.05, 3.63) is 23.8 Å². The van der Waals surface area contributed by atoms with E-state index in [0.717, 1.165) is 6.42 Å². The first-order valence-electron chi connectivity index (χ1n) is 6.11. The minimum Gasteiger partial charge on any atom is -0.507 e. The Morgan fingerprint density at radius 3 is 3.00 bits per heavy atom. The van der Waals surface area contributed by atoms with E-state index in [2.05, 4.69) is 5.10 Å². The van der Waals surface area contributed by atoms with E-state index in [1.54, 1.807) is 12.1 Å². The Hall–Kier alpha value is -1.60. The van der Waals surface area contributed by atoms with E-state index in [1.807, 2.05) is 6.92 Å². The van der Waals surface area contributed by atoms with Gasteiger partial charge in [-0.2, -0.15) is 10.1 Å². The van der Waals surface area contributed by atoms with Crippen LogP contribution in [0.3, 0.4) is 0 Å². The normalized spacial score (nSPS) is 15.3. The Balaban J connectivity index is 2.09. The van der Waals surface area contributed by atoms with Crippen molar-refractivity contribution in [2.24, 2.45) is 5.10 Å². The molecule has 2 rings (SSSR count). The number of thioether (sulfide) groups is 1. The Labute approximate surface area is 126 Å². The topological polar surface area (TPSA) is 62.1 Å². The van der Waals surface area contributed by atoms with Gasteiger partial charge in [0.2, 0.25) is 0 Å². The number of benzene rings is 1. The number of nitrogens with zero attached hydrogens (tertiary/aromatic N) is 2. The maximum Gasteiger partial charge on any atom is 0.259 e. The summed E-state index contributed by atoms with van der Waals surface area (Å²) in [5.74, 6) is 0.808. The smallest absolute Gasteiger partial charge is 0.259 e. The van der Waals surface area contributed by atoms with E-state index in [9.17, 15) is 9.90 Å². The molecule has 1 aliphatic rings. The molecule has 1 aromatic carbocycles. The van der Waals surface area contributed by atoms with Crippen molar-refractivity contribution in [2.75, 3.05) is 12.4 Å². The molecule has 7 heteroatoms. The summed E-state index contributed by atoms with van der Waals surface area (Å²) < 4.78 is 5.83. The number of rotatable bonds is 5. The first kappa shape index (κ1) is 14.8. The number of hydrazone groups is 1. The molecule has 0 radical (unpaired) electrons. The van der Waals surface area contributed by atoms with Crippen LogP contribution < -0.4 is 4.74 Å². The van der Waals surface area contributed by atoms with Crippen LogP contribution in [-0.2, 0) is 4.79 Å². The van der Waals surface area contributed by atoms with Crippen LogP contribution in [0.2, 0.25) is 0 Å². The summed E-state index contributed by atoms with van der Waals surface area (Å²) >= 11 is 6.28. The van der Waals surface area contributed by atoms with E-state index in [1.165, 1.54) is 29.1 Å². The zero-order valence-electron chi connectivity index (χ0n) is 10.9. The van der Waals surface area contributed by atoms with Gasteiger partial charge in [0.05, 0.1) is 18.6 Å². The highest BCUT2D eigenvalue weighted by molar-refractivity contribution is 8.23. The molecule has 0 aliphatic carbocycles. The average molecular weight is 310 g/mol. The second-order valence-electron chi connectivity index (χ2n) is 4.07. The van der Waals surface area contributed by atoms with Crippen LogP contribution >= 0.6 is 24.0 Å². The number of phenols is 1. The number of thiocarbonyl (C=S) groups is 1. The van der Waals surface area contributed by atoms with Gasteiger partial charge in [-0.25, -0.2) is 0 Å². The van der Waals surface area contributed by atoms with Crippen molar-refractivity contribution < 1.29 is 14.6 Å². The number of ether oxygens (including phenoxy) is 1. The number of hydrogen-bond donors (Lipinski definition) is 1. The van der Waals surface area contributed by atoms with Crippen LogP contribution in [0.15, 0.2) is 23.3 Å². The highest BCUT2D eigenvalue weighted by Crippen LogP contribution is 2.24. The summed E-state index contributed by atoms with van der Waals surface area (Å²) in [7, 11) is 0. The fourth-order valence-corrected chi connectivity index (χ4v) is 2.49. The lowest BCUT2D eigenvalue weighted by molar-refractivity contribution is -0.123. The highest BCUT2D eigenvalue weighted by Gasteiger charge is 2.26. The third-order valence-electron chi connectivity index (χ3n) is 2.52. The summed E-state index contributed by atoms with van der Waals surface area (Å²) in [6.07, 6.45) is 2.31. The fourth-order valence-electron chi connectivity index (χ4n) is 1.52. The summed E-state index contributed by atoms with van der Waals surface area (Å²) in [6, 6.07) is 4.95. The largest absolute Gasteiger partial charge is 0.507 e. The van der Waals surface area contributed by atoms with Gasteiger partial charge < -0.3 is 9.84 Å². The fraction of sp³-hybridized carbons (Fsp3) is 0.308. The van der Waals surface area contributed by atoms with E-state index in [-0.39, 0.29) is 11.7 Å². The van der Waals surface area contributed by atoms with E-state index in [0.29, 0.717) is 28.0 Å². The molecule has 1 heterocycles. The molecule has 5 nitrogen and oxygen atoms in total. The first-order valence-corrected chi connectivity index (χ1v) is 7.50. The quantitative estimate of drug-likeness (QED) is 0.668. The summed E-state index contributed by atoms with van der Waals surface area (Å²) in [5.41, 5.74) is 0.501. The van der Waals surface area contributed by atoms with Gasteiger partial charge in [0.25, 0.3) is 5.91 Å². The molecule has 1 amide bonds. The summed E-state index contributed by atoms with van der Waals surface area (Å²) in [6.45, 7) is 2.61. The number of carbonyl (C=O) groups excluding carboxylic acids is 1. The number of aromatic hydroxyl groups is 1. The minimum atomic E-state index is -0.154. The standard InChI is InChI=1S/C13H14N2O3S2/c1-2-5-18-10-4-3-9(11(16)6-10)7-14-15-12(17)8-20-13(15)19/h3-4,6-7,16H,2,5,8H2,1H3. The first-order chi connectivity index (χ1) is 9.61. The zero-order valence-corrected chi connectivity index (χ0v) is 12.5. The van der Waals surface area contributed by atoms with Crippen molar-refractivity contribution in [1.29, 1.82) is 0 Å². The number of hydrogen-bond acceptors (Lipinski definition) is 6. The average Bonchev–Trinajstić information content (AvgIpc) is 2.75. The Morgan fingerprint density at radius 1 is 1.60 bits per heavy atom. The van der Waals surface area contributed by atoms with E-state index >= 15 is 0 Å². The SMILES string of the molecule is CCCOc1ccc(C=NN2C(=O)CSC2=S)c(O)c1. The van der Waals surface area contributed by atoms with Gasteiger partial charge in [-0.15, -0.1) is 0 Å². The van der Waals surface area contributed by atoms with Gasteiger partial charge in [0, 0.05) is 11.6 Å². The third kappa shape index (κ3) is 3.49. The van der Waals surface area contributed by atoms with Crippen LogP contribution in [0, 0.1) is 0 Å². The molecule has 0 saturated carbocycles. The van der Waals surface area contributed by atoms with Crippen LogP contribution in [0.25, 0.3) is 0 Å².